The number of hydrogen-bond donors (Lipinski definition) is 1. The number of nitrogens with zero attached hydrogens (tertiary/aromatic N) is 2. The normalized spacial score (nSPS) is 10.4. The summed E-state index contributed by atoms with van der Waals surface area (Å²) in [6, 6.07) is 15.3. The van der Waals surface area contributed by atoms with Crippen LogP contribution in [0.4, 0.5) is 5.69 Å². The van der Waals surface area contributed by atoms with E-state index in [0.717, 1.165) is 0 Å². The molecule has 3 aromatic rings. The van der Waals surface area contributed by atoms with Crippen LogP contribution < -0.4 is 5.32 Å². The zero-order chi connectivity index (χ0) is 20.3. The summed E-state index contributed by atoms with van der Waals surface area (Å²) in [6.45, 7) is 0. The van der Waals surface area contributed by atoms with Crippen molar-refractivity contribution >= 4 is 40.7 Å². The van der Waals surface area contributed by atoms with Gasteiger partial charge in [0.2, 0.25) is 0 Å². The van der Waals surface area contributed by atoms with E-state index in [9.17, 15) is 9.59 Å². The summed E-state index contributed by atoms with van der Waals surface area (Å²) in [7, 11) is 3.30. The average molecular weight is 414 g/mol. The molecule has 0 unspecified atom stereocenters. The number of carbonyl (C=O) groups excluding carboxylic acids is 2. The molecule has 0 radical (unpaired) electrons. The summed E-state index contributed by atoms with van der Waals surface area (Å²) in [4.78, 5) is 30.4. The lowest BCUT2D eigenvalue weighted by molar-refractivity contribution is 0.0827. The van der Waals surface area contributed by atoms with E-state index >= 15 is 0 Å². The summed E-state index contributed by atoms with van der Waals surface area (Å²) in [5, 5.41) is 3.53. The Balaban J connectivity index is 1.85. The standard InChI is InChI=1S/C21H17Cl2N3O2/c1-26(2)21(28)13-6-8-15(18(23)11-13)20(27)25-14-7-9-17(22)16(12-14)19-5-3-4-10-24-19/h3-12H,1-2H3,(H,25,27). The predicted octanol–water partition coefficient (Wildman–Crippen LogP) is 5.01. The monoisotopic (exact) mass is 413 g/mol. The van der Waals surface area contributed by atoms with Gasteiger partial charge in [-0.3, -0.25) is 14.6 Å². The lowest BCUT2D eigenvalue weighted by Gasteiger charge is -2.12. The molecule has 0 atom stereocenters. The van der Waals surface area contributed by atoms with Gasteiger partial charge in [-0.1, -0.05) is 29.3 Å². The third-order valence-electron chi connectivity index (χ3n) is 4.03. The van der Waals surface area contributed by atoms with E-state index in [1.165, 1.54) is 17.0 Å². The van der Waals surface area contributed by atoms with Gasteiger partial charge in [-0.25, -0.2) is 0 Å². The molecular formula is C21H17Cl2N3O2. The van der Waals surface area contributed by atoms with Gasteiger partial charge in [0.05, 0.1) is 21.3 Å². The number of halogens is 2. The number of anilines is 1. The Bertz CT molecular complexity index is 1040. The maximum absolute atomic E-state index is 12.6. The van der Waals surface area contributed by atoms with Crippen molar-refractivity contribution in [1.82, 2.24) is 9.88 Å². The Labute approximate surface area is 172 Å². The number of carbonyl (C=O) groups is 2. The Morgan fingerprint density at radius 3 is 2.39 bits per heavy atom. The van der Waals surface area contributed by atoms with E-state index in [1.807, 2.05) is 18.2 Å². The van der Waals surface area contributed by atoms with Gasteiger partial charge in [-0.2, -0.15) is 0 Å². The highest BCUT2D eigenvalue weighted by Crippen LogP contribution is 2.29. The molecule has 1 heterocycles. The van der Waals surface area contributed by atoms with E-state index in [2.05, 4.69) is 10.3 Å². The molecule has 0 aliphatic carbocycles. The fraction of sp³-hybridized carbons (Fsp3) is 0.0952. The predicted molar refractivity (Wildman–Crippen MR) is 112 cm³/mol. The van der Waals surface area contributed by atoms with Gasteiger partial charge in [-0.05, 0) is 48.5 Å². The van der Waals surface area contributed by atoms with Crippen LogP contribution in [0, 0.1) is 0 Å². The highest BCUT2D eigenvalue weighted by molar-refractivity contribution is 6.35. The molecule has 5 nitrogen and oxygen atoms in total. The van der Waals surface area contributed by atoms with Gasteiger partial charge in [0.25, 0.3) is 11.8 Å². The number of amides is 2. The van der Waals surface area contributed by atoms with Crippen LogP contribution in [-0.4, -0.2) is 35.8 Å². The summed E-state index contributed by atoms with van der Waals surface area (Å²) in [5.41, 5.74) is 2.65. The first kappa shape index (κ1) is 19.9. The number of pyridine rings is 1. The van der Waals surface area contributed by atoms with E-state index in [0.29, 0.717) is 27.5 Å². The van der Waals surface area contributed by atoms with E-state index in [1.54, 1.807) is 44.6 Å². The zero-order valence-corrected chi connectivity index (χ0v) is 16.8. The van der Waals surface area contributed by atoms with Crippen LogP contribution in [-0.2, 0) is 0 Å². The minimum Gasteiger partial charge on any atom is -0.345 e. The Kier molecular flexibility index (Phi) is 5.97. The number of rotatable bonds is 4. The fourth-order valence-electron chi connectivity index (χ4n) is 2.61. The topological polar surface area (TPSA) is 62.3 Å². The van der Waals surface area contributed by atoms with Gasteiger partial charge >= 0.3 is 0 Å². The van der Waals surface area contributed by atoms with Gasteiger partial charge in [0.15, 0.2) is 0 Å². The van der Waals surface area contributed by atoms with Crippen LogP contribution in [0.25, 0.3) is 11.3 Å². The molecule has 142 valence electrons. The van der Waals surface area contributed by atoms with E-state index in [4.69, 9.17) is 23.2 Å². The number of benzene rings is 2. The van der Waals surface area contributed by atoms with Gasteiger partial charge in [-0.15, -0.1) is 0 Å². The first-order valence-electron chi connectivity index (χ1n) is 8.40. The highest BCUT2D eigenvalue weighted by Gasteiger charge is 2.16. The molecule has 0 aliphatic rings. The summed E-state index contributed by atoms with van der Waals surface area (Å²) in [5.74, 6) is -0.574. The number of hydrogen-bond acceptors (Lipinski definition) is 3. The van der Waals surface area contributed by atoms with Crippen molar-refractivity contribution in [3.8, 4) is 11.3 Å². The summed E-state index contributed by atoms with van der Waals surface area (Å²) >= 11 is 12.5. The molecule has 0 saturated carbocycles. The first-order chi connectivity index (χ1) is 13.4. The molecule has 2 aromatic carbocycles. The van der Waals surface area contributed by atoms with Crippen LogP contribution in [0.2, 0.25) is 10.0 Å². The second kappa shape index (κ2) is 8.42. The van der Waals surface area contributed by atoms with Crippen LogP contribution in [0.5, 0.6) is 0 Å². The molecule has 0 saturated heterocycles. The second-order valence-electron chi connectivity index (χ2n) is 6.26. The second-order valence-corrected chi connectivity index (χ2v) is 7.07. The Morgan fingerprint density at radius 2 is 1.75 bits per heavy atom. The fourth-order valence-corrected chi connectivity index (χ4v) is 3.09. The van der Waals surface area contributed by atoms with Crippen molar-refractivity contribution in [3.05, 3.63) is 82.0 Å². The maximum Gasteiger partial charge on any atom is 0.257 e. The first-order valence-corrected chi connectivity index (χ1v) is 9.16. The molecule has 1 aromatic heterocycles. The largest absolute Gasteiger partial charge is 0.345 e. The molecule has 1 N–H and O–H groups in total. The Morgan fingerprint density at radius 1 is 0.964 bits per heavy atom. The van der Waals surface area contributed by atoms with Crippen LogP contribution >= 0.6 is 23.2 Å². The number of aromatic nitrogens is 1. The summed E-state index contributed by atoms with van der Waals surface area (Å²) < 4.78 is 0. The van der Waals surface area contributed by atoms with Crippen LogP contribution in [0.1, 0.15) is 20.7 Å². The maximum atomic E-state index is 12.6. The van der Waals surface area contributed by atoms with Gasteiger partial charge in [0.1, 0.15) is 0 Å². The number of nitrogens with one attached hydrogen (secondary N) is 1. The zero-order valence-electron chi connectivity index (χ0n) is 15.2. The van der Waals surface area contributed by atoms with Crippen molar-refractivity contribution in [2.75, 3.05) is 19.4 Å². The van der Waals surface area contributed by atoms with Crippen molar-refractivity contribution in [2.24, 2.45) is 0 Å². The third-order valence-corrected chi connectivity index (χ3v) is 4.67. The van der Waals surface area contributed by atoms with Gasteiger partial charge < -0.3 is 10.2 Å². The van der Waals surface area contributed by atoms with E-state index < -0.39 is 0 Å². The molecule has 2 amide bonds. The minimum atomic E-state index is -0.386. The van der Waals surface area contributed by atoms with Crippen LogP contribution in [0.3, 0.4) is 0 Å². The Hall–Kier alpha value is -2.89. The van der Waals surface area contributed by atoms with Gasteiger partial charge in [0, 0.05) is 37.1 Å². The SMILES string of the molecule is CN(C)C(=O)c1ccc(C(=O)Nc2ccc(Cl)c(-c3ccccn3)c2)c(Cl)c1. The van der Waals surface area contributed by atoms with Crippen molar-refractivity contribution in [1.29, 1.82) is 0 Å². The molecule has 0 aliphatic heterocycles. The van der Waals surface area contributed by atoms with Crippen LogP contribution in [0.15, 0.2) is 60.8 Å². The molecule has 28 heavy (non-hydrogen) atoms. The quantitative estimate of drug-likeness (QED) is 0.653. The van der Waals surface area contributed by atoms with Crippen molar-refractivity contribution < 1.29 is 9.59 Å². The molecule has 7 heteroatoms. The van der Waals surface area contributed by atoms with Crippen molar-refractivity contribution in [2.45, 2.75) is 0 Å². The third kappa shape index (κ3) is 4.32. The summed E-state index contributed by atoms with van der Waals surface area (Å²) in [6.07, 6.45) is 1.67. The highest BCUT2D eigenvalue weighted by atomic mass is 35.5. The van der Waals surface area contributed by atoms with E-state index in [-0.39, 0.29) is 22.4 Å². The van der Waals surface area contributed by atoms with Crippen molar-refractivity contribution in [3.63, 3.8) is 0 Å². The lowest BCUT2D eigenvalue weighted by Crippen LogP contribution is -2.22. The molecule has 0 bridgehead atoms. The minimum absolute atomic E-state index is 0.188. The molecular weight excluding hydrogens is 397 g/mol. The molecule has 0 spiro atoms. The smallest absolute Gasteiger partial charge is 0.257 e. The molecule has 3 rings (SSSR count). The average Bonchev–Trinajstić information content (AvgIpc) is 2.69. The lowest BCUT2D eigenvalue weighted by atomic mass is 10.1. The molecule has 0 fully saturated rings.